The van der Waals surface area contributed by atoms with Gasteiger partial charge in [0, 0.05) is 18.7 Å². The quantitative estimate of drug-likeness (QED) is 0.825. The molecule has 0 saturated heterocycles. The molecular formula is C16H20FN3O2. The molecule has 2 rings (SSSR count). The number of unbranched alkanes of at least 4 members (excludes halogenated alkanes) is 1. The number of aliphatic hydroxyl groups is 1. The van der Waals surface area contributed by atoms with Crippen molar-refractivity contribution in [3.8, 4) is 11.3 Å². The SMILES string of the molecule is CCCCN(CCO)C(=O)c1cc(-c2ccc(F)cc2)n[nH]1. The molecule has 0 aliphatic rings. The predicted octanol–water partition coefficient (Wildman–Crippen LogP) is 2.45. The van der Waals surface area contributed by atoms with E-state index < -0.39 is 0 Å². The number of nitrogens with zero attached hydrogens (tertiary/aromatic N) is 2. The van der Waals surface area contributed by atoms with Gasteiger partial charge in [0.15, 0.2) is 0 Å². The molecule has 0 atom stereocenters. The minimum absolute atomic E-state index is 0.0750. The monoisotopic (exact) mass is 305 g/mol. The largest absolute Gasteiger partial charge is 0.395 e. The number of benzene rings is 1. The Bertz CT molecular complexity index is 610. The molecule has 0 aliphatic carbocycles. The van der Waals surface area contributed by atoms with E-state index in [0.29, 0.717) is 24.5 Å². The van der Waals surface area contributed by atoms with Crippen LogP contribution < -0.4 is 0 Å². The van der Waals surface area contributed by atoms with Crippen molar-refractivity contribution in [1.29, 1.82) is 0 Å². The predicted molar refractivity (Wildman–Crippen MR) is 81.9 cm³/mol. The lowest BCUT2D eigenvalue weighted by Gasteiger charge is -2.20. The van der Waals surface area contributed by atoms with Crippen LogP contribution in [-0.4, -0.2) is 45.8 Å². The van der Waals surface area contributed by atoms with E-state index in [2.05, 4.69) is 10.2 Å². The number of H-pyrrole nitrogens is 1. The van der Waals surface area contributed by atoms with Crippen LogP contribution in [-0.2, 0) is 0 Å². The van der Waals surface area contributed by atoms with Gasteiger partial charge < -0.3 is 10.0 Å². The summed E-state index contributed by atoms with van der Waals surface area (Å²) in [5, 5.41) is 15.9. The molecule has 118 valence electrons. The third-order valence-corrected chi connectivity index (χ3v) is 3.39. The van der Waals surface area contributed by atoms with Crippen LogP contribution in [0.5, 0.6) is 0 Å². The standard InChI is InChI=1S/C16H20FN3O2/c1-2-3-8-20(9-10-21)16(22)15-11-14(18-19-15)12-4-6-13(17)7-5-12/h4-7,11,21H,2-3,8-10H2,1H3,(H,18,19). The molecule has 1 aromatic heterocycles. The molecular weight excluding hydrogens is 285 g/mol. The van der Waals surface area contributed by atoms with Gasteiger partial charge >= 0.3 is 0 Å². The highest BCUT2D eigenvalue weighted by atomic mass is 19.1. The van der Waals surface area contributed by atoms with Gasteiger partial charge in [-0.2, -0.15) is 5.10 Å². The Morgan fingerprint density at radius 3 is 2.68 bits per heavy atom. The van der Waals surface area contributed by atoms with Gasteiger partial charge in [-0.15, -0.1) is 0 Å². The molecule has 5 nitrogen and oxygen atoms in total. The number of halogens is 1. The van der Waals surface area contributed by atoms with E-state index in [1.54, 1.807) is 23.1 Å². The lowest BCUT2D eigenvalue weighted by Crippen LogP contribution is -2.34. The van der Waals surface area contributed by atoms with Crippen LogP contribution in [0.15, 0.2) is 30.3 Å². The second-order valence-corrected chi connectivity index (χ2v) is 5.04. The third kappa shape index (κ3) is 3.92. The van der Waals surface area contributed by atoms with Crippen LogP contribution >= 0.6 is 0 Å². The highest BCUT2D eigenvalue weighted by molar-refractivity contribution is 5.93. The summed E-state index contributed by atoms with van der Waals surface area (Å²) in [6.45, 7) is 2.86. The maximum Gasteiger partial charge on any atom is 0.271 e. The first-order chi connectivity index (χ1) is 10.7. The van der Waals surface area contributed by atoms with Gasteiger partial charge in [-0.3, -0.25) is 9.89 Å². The maximum atomic E-state index is 12.9. The Morgan fingerprint density at radius 2 is 2.05 bits per heavy atom. The number of hydrogen-bond donors (Lipinski definition) is 2. The van der Waals surface area contributed by atoms with Crippen LogP contribution in [0.4, 0.5) is 4.39 Å². The van der Waals surface area contributed by atoms with Gasteiger partial charge in [0.05, 0.1) is 12.3 Å². The summed E-state index contributed by atoms with van der Waals surface area (Å²) in [5.74, 6) is -0.507. The number of rotatable bonds is 7. The number of amides is 1. The molecule has 6 heteroatoms. The van der Waals surface area contributed by atoms with Gasteiger partial charge in [0.2, 0.25) is 0 Å². The Hall–Kier alpha value is -2.21. The van der Waals surface area contributed by atoms with Crippen LogP contribution in [0.2, 0.25) is 0 Å². The molecule has 0 saturated carbocycles. The minimum atomic E-state index is -0.315. The smallest absolute Gasteiger partial charge is 0.271 e. The van der Waals surface area contributed by atoms with E-state index in [4.69, 9.17) is 5.11 Å². The van der Waals surface area contributed by atoms with E-state index in [1.165, 1.54) is 12.1 Å². The number of carbonyl (C=O) groups is 1. The number of aromatic amines is 1. The normalized spacial score (nSPS) is 10.7. The van der Waals surface area contributed by atoms with E-state index in [0.717, 1.165) is 18.4 Å². The first kappa shape index (κ1) is 16.2. The first-order valence-electron chi connectivity index (χ1n) is 7.37. The molecule has 1 aromatic carbocycles. The van der Waals surface area contributed by atoms with Crippen molar-refractivity contribution >= 4 is 5.91 Å². The van der Waals surface area contributed by atoms with Gasteiger partial charge in [-0.25, -0.2) is 4.39 Å². The van der Waals surface area contributed by atoms with Crippen LogP contribution in [0.1, 0.15) is 30.3 Å². The summed E-state index contributed by atoms with van der Waals surface area (Å²) < 4.78 is 12.9. The van der Waals surface area contributed by atoms with Crippen molar-refractivity contribution < 1.29 is 14.3 Å². The summed E-state index contributed by atoms with van der Waals surface area (Å²) in [5.41, 5.74) is 1.69. The highest BCUT2D eigenvalue weighted by Crippen LogP contribution is 2.18. The molecule has 0 bridgehead atoms. The van der Waals surface area contributed by atoms with Crippen LogP contribution in [0, 0.1) is 5.82 Å². The van der Waals surface area contributed by atoms with Gasteiger partial charge in [0.25, 0.3) is 5.91 Å². The minimum Gasteiger partial charge on any atom is -0.395 e. The molecule has 0 fully saturated rings. The zero-order chi connectivity index (χ0) is 15.9. The molecule has 0 radical (unpaired) electrons. The zero-order valence-corrected chi connectivity index (χ0v) is 12.6. The van der Waals surface area contributed by atoms with Crippen LogP contribution in [0.3, 0.4) is 0 Å². The lowest BCUT2D eigenvalue weighted by molar-refractivity contribution is 0.0713. The topological polar surface area (TPSA) is 69.2 Å². The lowest BCUT2D eigenvalue weighted by atomic mass is 10.1. The van der Waals surface area contributed by atoms with Gasteiger partial charge in [-0.05, 0) is 36.8 Å². The average molecular weight is 305 g/mol. The number of aromatic nitrogens is 2. The summed E-state index contributed by atoms with van der Waals surface area (Å²) in [6, 6.07) is 7.58. The molecule has 0 unspecified atom stereocenters. The van der Waals surface area contributed by atoms with Crippen molar-refractivity contribution in [2.45, 2.75) is 19.8 Å². The molecule has 0 spiro atoms. The van der Waals surface area contributed by atoms with Gasteiger partial charge in [-0.1, -0.05) is 13.3 Å². The summed E-state index contributed by atoms with van der Waals surface area (Å²) in [6.07, 6.45) is 1.85. The van der Waals surface area contributed by atoms with Crippen LogP contribution in [0.25, 0.3) is 11.3 Å². The molecule has 0 aliphatic heterocycles. The second kappa shape index (κ2) is 7.70. The van der Waals surface area contributed by atoms with Crippen molar-refractivity contribution in [1.82, 2.24) is 15.1 Å². The highest BCUT2D eigenvalue weighted by Gasteiger charge is 2.17. The zero-order valence-electron chi connectivity index (χ0n) is 12.6. The molecule has 2 N–H and O–H groups in total. The Morgan fingerprint density at radius 1 is 1.32 bits per heavy atom. The second-order valence-electron chi connectivity index (χ2n) is 5.04. The number of aliphatic hydroxyl groups excluding tert-OH is 1. The van der Waals surface area contributed by atoms with E-state index >= 15 is 0 Å². The molecule has 2 aromatic rings. The van der Waals surface area contributed by atoms with Crippen molar-refractivity contribution in [2.75, 3.05) is 19.7 Å². The first-order valence-corrected chi connectivity index (χ1v) is 7.37. The van der Waals surface area contributed by atoms with E-state index in [9.17, 15) is 9.18 Å². The fraction of sp³-hybridized carbons (Fsp3) is 0.375. The molecule has 1 heterocycles. The fourth-order valence-corrected chi connectivity index (χ4v) is 2.15. The van der Waals surface area contributed by atoms with Crippen molar-refractivity contribution in [3.63, 3.8) is 0 Å². The number of carbonyl (C=O) groups excluding carboxylic acids is 1. The Labute approximate surface area is 128 Å². The van der Waals surface area contributed by atoms with Crippen molar-refractivity contribution in [3.05, 3.63) is 41.8 Å². The Kier molecular flexibility index (Phi) is 5.66. The summed E-state index contributed by atoms with van der Waals surface area (Å²) in [4.78, 5) is 14.0. The summed E-state index contributed by atoms with van der Waals surface area (Å²) >= 11 is 0. The van der Waals surface area contributed by atoms with Crippen molar-refractivity contribution in [2.24, 2.45) is 0 Å². The third-order valence-electron chi connectivity index (χ3n) is 3.39. The summed E-state index contributed by atoms with van der Waals surface area (Å²) in [7, 11) is 0. The fourth-order valence-electron chi connectivity index (χ4n) is 2.15. The number of hydrogen-bond acceptors (Lipinski definition) is 3. The molecule has 1 amide bonds. The van der Waals surface area contributed by atoms with E-state index in [-0.39, 0.29) is 18.3 Å². The maximum absolute atomic E-state index is 12.9. The van der Waals surface area contributed by atoms with E-state index in [1.807, 2.05) is 6.92 Å². The van der Waals surface area contributed by atoms with Gasteiger partial charge in [0.1, 0.15) is 11.5 Å². The number of nitrogens with one attached hydrogen (secondary N) is 1. The Balaban J connectivity index is 2.14. The average Bonchev–Trinajstić information content (AvgIpc) is 3.01. The molecule has 22 heavy (non-hydrogen) atoms.